The molecule has 0 aromatic heterocycles. The Morgan fingerprint density at radius 1 is 1.25 bits per heavy atom. The van der Waals surface area contributed by atoms with Crippen molar-refractivity contribution in [2.45, 2.75) is 51.3 Å². The van der Waals surface area contributed by atoms with Gasteiger partial charge in [0.25, 0.3) is 0 Å². The molecule has 1 aliphatic heterocycles. The minimum Gasteiger partial charge on any atom is -0.484 e. The summed E-state index contributed by atoms with van der Waals surface area (Å²) >= 11 is 0. The number of ether oxygens (including phenoxy) is 1. The third-order valence-corrected chi connectivity index (χ3v) is 3.58. The van der Waals surface area contributed by atoms with Gasteiger partial charge in [-0.05, 0) is 39.0 Å². The maximum atomic E-state index is 13.0. The lowest BCUT2D eigenvalue weighted by atomic mass is 10.0. The molecule has 0 radical (unpaired) electrons. The standard InChI is InChI=1S/C16H18F5NO2/c1-14(2)9-22(13(23)6-7-15(3,17)18)11-8-10(16(19,20)21)4-5-12(11)24-14/h4-5,8H,6-7,9H2,1-3H3. The molecule has 1 amide bonds. The maximum absolute atomic E-state index is 13.0. The molecule has 3 nitrogen and oxygen atoms in total. The van der Waals surface area contributed by atoms with Crippen LogP contribution in [0.15, 0.2) is 18.2 Å². The minimum atomic E-state index is -4.58. The van der Waals surface area contributed by atoms with Crippen molar-refractivity contribution >= 4 is 11.6 Å². The van der Waals surface area contributed by atoms with Crippen LogP contribution in [0, 0.1) is 0 Å². The first-order chi connectivity index (χ1) is 10.8. The molecule has 2 rings (SSSR count). The van der Waals surface area contributed by atoms with Crippen molar-refractivity contribution in [3.63, 3.8) is 0 Å². The van der Waals surface area contributed by atoms with Gasteiger partial charge in [0, 0.05) is 12.8 Å². The highest BCUT2D eigenvalue weighted by molar-refractivity contribution is 5.95. The summed E-state index contributed by atoms with van der Waals surface area (Å²) in [7, 11) is 0. The average Bonchev–Trinajstić information content (AvgIpc) is 2.40. The van der Waals surface area contributed by atoms with E-state index in [2.05, 4.69) is 0 Å². The van der Waals surface area contributed by atoms with Gasteiger partial charge in [0.05, 0.1) is 17.8 Å². The molecule has 0 saturated heterocycles. The third-order valence-electron chi connectivity index (χ3n) is 3.58. The van der Waals surface area contributed by atoms with E-state index < -0.39 is 42.0 Å². The highest BCUT2D eigenvalue weighted by Crippen LogP contribution is 2.41. The second kappa shape index (κ2) is 5.89. The summed E-state index contributed by atoms with van der Waals surface area (Å²) in [5.74, 6) is -3.56. The number of fused-ring (bicyclic) bond motifs is 1. The van der Waals surface area contributed by atoms with E-state index in [1.165, 1.54) is 0 Å². The van der Waals surface area contributed by atoms with Crippen molar-refractivity contribution in [3.05, 3.63) is 23.8 Å². The molecule has 0 unspecified atom stereocenters. The van der Waals surface area contributed by atoms with Gasteiger partial charge in [-0.15, -0.1) is 0 Å². The van der Waals surface area contributed by atoms with Gasteiger partial charge in [0.2, 0.25) is 11.8 Å². The van der Waals surface area contributed by atoms with Gasteiger partial charge in [0.15, 0.2) is 0 Å². The van der Waals surface area contributed by atoms with Gasteiger partial charge in [-0.2, -0.15) is 13.2 Å². The fourth-order valence-electron chi connectivity index (χ4n) is 2.47. The number of carbonyl (C=O) groups excluding carboxylic acids is 1. The normalized spacial score (nSPS) is 17.2. The Kier molecular flexibility index (Phi) is 4.54. The molecule has 0 spiro atoms. The van der Waals surface area contributed by atoms with E-state index >= 15 is 0 Å². The van der Waals surface area contributed by atoms with Crippen LogP contribution in [0.5, 0.6) is 5.75 Å². The van der Waals surface area contributed by atoms with Crippen molar-refractivity contribution in [1.29, 1.82) is 0 Å². The highest BCUT2D eigenvalue weighted by atomic mass is 19.4. The van der Waals surface area contributed by atoms with E-state index in [1.807, 2.05) is 0 Å². The second-order valence-electron chi connectivity index (χ2n) is 6.59. The van der Waals surface area contributed by atoms with Crippen LogP contribution < -0.4 is 9.64 Å². The molecule has 1 heterocycles. The number of hydrogen-bond donors (Lipinski definition) is 0. The number of nitrogens with zero attached hydrogens (tertiary/aromatic N) is 1. The Morgan fingerprint density at radius 2 is 1.88 bits per heavy atom. The summed E-state index contributed by atoms with van der Waals surface area (Å²) in [6, 6.07) is 2.82. The maximum Gasteiger partial charge on any atom is 0.416 e. The lowest BCUT2D eigenvalue weighted by molar-refractivity contribution is -0.137. The zero-order valence-electron chi connectivity index (χ0n) is 13.5. The average molecular weight is 351 g/mol. The van der Waals surface area contributed by atoms with E-state index in [0.29, 0.717) is 6.92 Å². The van der Waals surface area contributed by atoms with Gasteiger partial charge in [-0.25, -0.2) is 8.78 Å². The predicted octanol–water partition coefficient (Wildman–Crippen LogP) is 4.64. The molecule has 0 N–H and O–H groups in total. The molecule has 0 aliphatic carbocycles. The van der Waals surface area contributed by atoms with Crippen LogP contribution in [0.4, 0.5) is 27.6 Å². The van der Waals surface area contributed by atoms with Gasteiger partial charge in [0.1, 0.15) is 11.4 Å². The zero-order valence-corrected chi connectivity index (χ0v) is 13.5. The second-order valence-corrected chi connectivity index (χ2v) is 6.59. The molecule has 1 aromatic carbocycles. The van der Waals surface area contributed by atoms with Crippen LogP contribution in [-0.2, 0) is 11.0 Å². The van der Waals surface area contributed by atoms with Crippen LogP contribution in [0.1, 0.15) is 39.2 Å². The number of halogens is 5. The predicted molar refractivity (Wildman–Crippen MR) is 78.4 cm³/mol. The molecular weight excluding hydrogens is 333 g/mol. The van der Waals surface area contributed by atoms with Crippen LogP contribution >= 0.6 is 0 Å². The van der Waals surface area contributed by atoms with Crippen LogP contribution in [0.2, 0.25) is 0 Å². The Balaban J connectivity index is 2.37. The van der Waals surface area contributed by atoms with E-state index in [0.717, 1.165) is 23.1 Å². The first-order valence-corrected chi connectivity index (χ1v) is 7.37. The Labute approximate surface area is 136 Å². The smallest absolute Gasteiger partial charge is 0.416 e. The Morgan fingerprint density at radius 3 is 2.42 bits per heavy atom. The van der Waals surface area contributed by atoms with E-state index in [4.69, 9.17) is 4.74 Å². The number of alkyl halides is 5. The number of hydrogen-bond acceptors (Lipinski definition) is 2. The summed E-state index contributed by atoms with van der Waals surface area (Å²) in [6.45, 7) is 4.01. The molecule has 0 atom stereocenters. The number of benzene rings is 1. The number of amides is 1. The Bertz CT molecular complexity index is 634. The van der Waals surface area contributed by atoms with Crippen molar-refractivity contribution in [2.75, 3.05) is 11.4 Å². The Hall–Kier alpha value is -1.86. The molecule has 0 fully saturated rings. The summed E-state index contributed by atoms with van der Waals surface area (Å²) in [5, 5.41) is 0. The first-order valence-electron chi connectivity index (χ1n) is 7.37. The summed E-state index contributed by atoms with van der Waals surface area (Å²) in [4.78, 5) is 13.4. The minimum absolute atomic E-state index is 0.0184. The molecule has 24 heavy (non-hydrogen) atoms. The highest BCUT2D eigenvalue weighted by Gasteiger charge is 2.38. The summed E-state index contributed by atoms with van der Waals surface area (Å²) in [6.07, 6.45) is -5.71. The van der Waals surface area contributed by atoms with Crippen molar-refractivity contribution in [3.8, 4) is 5.75 Å². The van der Waals surface area contributed by atoms with Crippen molar-refractivity contribution < 1.29 is 31.5 Å². The van der Waals surface area contributed by atoms with E-state index in [-0.39, 0.29) is 18.0 Å². The van der Waals surface area contributed by atoms with Crippen LogP contribution in [-0.4, -0.2) is 24.0 Å². The summed E-state index contributed by atoms with van der Waals surface area (Å²) < 4.78 is 70.2. The topological polar surface area (TPSA) is 29.5 Å². The zero-order chi connectivity index (χ0) is 18.3. The van der Waals surface area contributed by atoms with Gasteiger partial charge in [-0.3, -0.25) is 4.79 Å². The lowest BCUT2D eigenvalue weighted by Crippen LogP contribution is -2.49. The third kappa shape index (κ3) is 4.36. The molecule has 134 valence electrons. The SMILES string of the molecule is CC(F)(F)CCC(=O)N1CC(C)(C)Oc2ccc(C(F)(F)F)cc21. The molecule has 0 saturated carbocycles. The van der Waals surface area contributed by atoms with E-state index in [1.54, 1.807) is 13.8 Å². The molecule has 8 heteroatoms. The fourth-order valence-corrected chi connectivity index (χ4v) is 2.47. The summed E-state index contributed by atoms with van der Waals surface area (Å²) in [5.41, 5.74) is -1.81. The molecular formula is C16H18F5NO2. The molecule has 0 bridgehead atoms. The largest absolute Gasteiger partial charge is 0.484 e. The number of rotatable bonds is 3. The van der Waals surface area contributed by atoms with E-state index in [9.17, 15) is 26.7 Å². The number of carbonyl (C=O) groups is 1. The monoisotopic (exact) mass is 351 g/mol. The van der Waals surface area contributed by atoms with Gasteiger partial charge in [-0.1, -0.05) is 0 Å². The first kappa shape index (κ1) is 18.5. The van der Waals surface area contributed by atoms with Crippen LogP contribution in [0.25, 0.3) is 0 Å². The van der Waals surface area contributed by atoms with Crippen molar-refractivity contribution in [1.82, 2.24) is 0 Å². The van der Waals surface area contributed by atoms with Gasteiger partial charge < -0.3 is 9.64 Å². The molecule has 1 aromatic rings. The van der Waals surface area contributed by atoms with Crippen LogP contribution in [0.3, 0.4) is 0 Å². The quantitative estimate of drug-likeness (QED) is 0.742. The molecule has 1 aliphatic rings. The van der Waals surface area contributed by atoms with Gasteiger partial charge >= 0.3 is 6.18 Å². The fraction of sp³-hybridized carbons (Fsp3) is 0.562. The van der Waals surface area contributed by atoms with Crippen molar-refractivity contribution in [2.24, 2.45) is 0 Å². The lowest BCUT2D eigenvalue weighted by Gasteiger charge is -2.40. The number of anilines is 1.